The number of rotatable bonds is 2. The van der Waals surface area contributed by atoms with Crippen molar-refractivity contribution in [3.63, 3.8) is 0 Å². The Morgan fingerprint density at radius 3 is 2.55 bits per heavy atom. The van der Waals surface area contributed by atoms with Crippen molar-refractivity contribution in [1.29, 1.82) is 0 Å². The van der Waals surface area contributed by atoms with Gasteiger partial charge in [-0.1, -0.05) is 13.0 Å². The average Bonchev–Trinajstić information content (AvgIpc) is 2.35. The number of benzene rings is 1. The quantitative estimate of drug-likeness (QED) is 0.852. The number of aliphatic carboxylic acids is 1. The molecule has 7 heteroatoms. The summed E-state index contributed by atoms with van der Waals surface area (Å²) in [6.07, 6.45) is -5.46. The molecule has 1 heterocycles. The van der Waals surface area contributed by atoms with Gasteiger partial charge in [-0.3, -0.25) is 0 Å². The van der Waals surface area contributed by atoms with Gasteiger partial charge < -0.3 is 9.84 Å². The van der Waals surface area contributed by atoms with Crippen LogP contribution < -0.4 is 4.74 Å². The van der Waals surface area contributed by atoms with Crippen LogP contribution in [-0.2, 0) is 11.2 Å². The molecule has 0 amide bonds. The van der Waals surface area contributed by atoms with Crippen LogP contribution in [0.2, 0.25) is 0 Å². The van der Waals surface area contributed by atoms with Crippen molar-refractivity contribution in [2.45, 2.75) is 25.6 Å². The van der Waals surface area contributed by atoms with Crippen molar-refractivity contribution in [3.05, 3.63) is 34.9 Å². The Morgan fingerprint density at radius 1 is 1.40 bits per heavy atom. The second kappa shape index (κ2) is 6.20. The van der Waals surface area contributed by atoms with E-state index >= 15 is 0 Å². The van der Waals surface area contributed by atoms with E-state index in [1.54, 1.807) is 12.1 Å². The van der Waals surface area contributed by atoms with Crippen molar-refractivity contribution < 1.29 is 27.8 Å². The van der Waals surface area contributed by atoms with Crippen LogP contribution in [0.1, 0.15) is 18.1 Å². The normalized spacial score (nSPS) is 17.4. The molecule has 0 saturated heterocycles. The number of carboxylic acid groups (broad SMARTS) is 1. The fraction of sp³-hybridized carbons (Fsp3) is 0.308. The van der Waals surface area contributed by atoms with Gasteiger partial charge in [0.15, 0.2) is 0 Å². The number of hydrogen-bond donors (Lipinski definition) is 1. The Balaban J connectivity index is 0.00000200. The van der Waals surface area contributed by atoms with Crippen LogP contribution in [0.5, 0.6) is 5.75 Å². The molecule has 104 valence electrons. The number of fused-ring (bicyclic) bond motifs is 1. The van der Waals surface area contributed by atoms with E-state index in [2.05, 4.69) is 0 Å². The van der Waals surface area contributed by atoms with Crippen LogP contribution in [0.4, 0.5) is 13.2 Å². The Hall–Kier alpha value is -0.980. The minimum atomic E-state index is -4.76. The van der Waals surface area contributed by atoms with Crippen molar-refractivity contribution >= 4 is 41.6 Å². The molecule has 1 N–H and O–H groups in total. The van der Waals surface area contributed by atoms with Crippen LogP contribution in [0.15, 0.2) is 23.8 Å². The molecule has 1 atom stereocenters. The monoisotopic (exact) mass is 296 g/mol. The van der Waals surface area contributed by atoms with Crippen LogP contribution in [0.3, 0.4) is 0 Å². The summed E-state index contributed by atoms with van der Waals surface area (Å²) < 4.78 is 43.1. The number of halogens is 3. The summed E-state index contributed by atoms with van der Waals surface area (Å²) in [5.41, 5.74) is 0.458. The zero-order chi connectivity index (χ0) is 14.2. The molecule has 1 aromatic carbocycles. The molecule has 1 aliphatic rings. The Morgan fingerprint density at radius 2 is 2.05 bits per heavy atom. The minimum absolute atomic E-state index is 0. The van der Waals surface area contributed by atoms with Crippen LogP contribution in [0, 0.1) is 0 Å². The van der Waals surface area contributed by atoms with E-state index in [1.165, 1.54) is 6.07 Å². The predicted octanol–water partition coefficient (Wildman–Crippen LogP) is 2.39. The number of ether oxygens (including phenoxy) is 1. The molecule has 0 saturated carbocycles. The van der Waals surface area contributed by atoms with Crippen molar-refractivity contribution in [3.8, 4) is 5.75 Å². The van der Waals surface area contributed by atoms with Gasteiger partial charge >= 0.3 is 41.7 Å². The van der Waals surface area contributed by atoms with Gasteiger partial charge in [0.1, 0.15) is 5.75 Å². The third-order valence-corrected chi connectivity index (χ3v) is 2.86. The summed E-state index contributed by atoms with van der Waals surface area (Å²) in [6, 6.07) is 4.72. The Bertz CT molecular complexity index is 552. The SMILES string of the molecule is CCc1ccc2c(c1)C=C(C(=O)O)C(C(F)(F)F)O2.[NaH]. The second-order valence-corrected chi connectivity index (χ2v) is 4.17. The van der Waals surface area contributed by atoms with Crippen molar-refractivity contribution in [2.24, 2.45) is 0 Å². The molecule has 1 aliphatic heterocycles. The third kappa shape index (κ3) is 3.37. The summed E-state index contributed by atoms with van der Waals surface area (Å²) in [5.74, 6) is -1.58. The first-order valence-corrected chi connectivity index (χ1v) is 5.64. The number of hydrogen-bond acceptors (Lipinski definition) is 2. The first-order chi connectivity index (χ1) is 8.82. The van der Waals surface area contributed by atoms with Gasteiger partial charge in [-0.15, -0.1) is 0 Å². The van der Waals surface area contributed by atoms with Gasteiger partial charge in [0.25, 0.3) is 0 Å². The van der Waals surface area contributed by atoms with Gasteiger partial charge in [-0.2, -0.15) is 13.2 Å². The molecule has 0 aromatic heterocycles. The molecule has 0 aliphatic carbocycles. The molecule has 0 spiro atoms. The van der Waals surface area contributed by atoms with Gasteiger partial charge in [0, 0.05) is 5.56 Å². The summed E-state index contributed by atoms with van der Waals surface area (Å²) in [7, 11) is 0. The fourth-order valence-electron chi connectivity index (χ4n) is 1.89. The van der Waals surface area contributed by atoms with Crippen LogP contribution >= 0.6 is 0 Å². The summed E-state index contributed by atoms with van der Waals surface area (Å²) >= 11 is 0. The van der Waals surface area contributed by atoms with Gasteiger partial charge in [-0.05, 0) is 30.2 Å². The van der Waals surface area contributed by atoms with E-state index in [9.17, 15) is 18.0 Å². The van der Waals surface area contributed by atoms with Gasteiger partial charge in [0.2, 0.25) is 6.10 Å². The number of carbonyl (C=O) groups is 1. The summed E-state index contributed by atoms with van der Waals surface area (Å²) in [4.78, 5) is 10.9. The molecule has 3 nitrogen and oxygen atoms in total. The van der Waals surface area contributed by atoms with Gasteiger partial charge in [0.05, 0.1) is 5.57 Å². The van der Waals surface area contributed by atoms with Crippen LogP contribution in [0.25, 0.3) is 6.08 Å². The molecular formula is C13H12F3NaO3. The maximum atomic E-state index is 12.8. The molecule has 20 heavy (non-hydrogen) atoms. The summed E-state index contributed by atoms with van der Waals surface area (Å²) in [6.45, 7) is 1.89. The Labute approximate surface area is 135 Å². The number of carboxylic acids is 1. The first-order valence-electron chi connectivity index (χ1n) is 5.64. The average molecular weight is 296 g/mol. The molecule has 1 unspecified atom stereocenters. The Kier molecular flexibility index (Phi) is 5.29. The topological polar surface area (TPSA) is 46.5 Å². The zero-order valence-corrected chi connectivity index (χ0v) is 9.99. The van der Waals surface area contributed by atoms with Crippen molar-refractivity contribution in [1.82, 2.24) is 0 Å². The van der Waals surface area contributed by atoms with E-state index < -0.39 is 23.8 Å². The standard InChI is InChI=1S/C13H11F3O3.Na.H/c1-2-7-3-4-10-8(5-7)6-9(12(17)18)11(19-10)13(14,15)16;;/h3-6,11H,2H2,1H3,(H,17,18);;. The molecule has 1 aromatic rings. The zero-order valence-electron chi connectivity index (χ0n) is 9.99. The predicted molar refractivity (Wildman–Crippen MR) is 69.1 cm³/mol. The first kappa shape index (κ1) is 17.1. The molecule has 2 rings (SSSR count). The van der Waals surface area contributed by atoms with E-state index in [4.69, 9.17) is 9.84 Å². The number of alkyl halides is 3. The van der Waals surface area contributed by atoms with E-state index in [1.807, 2.05) is 6.92 Å². The second-order valence-electron chi connectivity index (χ2n) is 4.17. The molecule has 0 fully saturated rings. The van der Waals surface area contributed by atoms with Crippen LogP contribution in [-0.4, -0.2) is 52.9 Å². The third-order valence-electron chi connectivity index (χ3n) is 2.86. The molecular weight excluding hydrogens is 284 g/mol. The maximum absolute atomic E-state index is 12.8. The molecule has 0 bridgehead atoms. The number of aryl methyl sites for hydroxylation is 1. The van der Waals surface area contributed by atoms with Crippen molar-refractivity contribution in [2.75, 3.05) is 0 Å². The van der Waals surface area contributed by atoms with E-state index in [-0.39, 0.29) is 35.3 Å². The van der Waals surface area contributed by atoms with E-state index in [0.29, 0.717) is 12.0 Å². The van der Waals surface area contributed by atoms with E-state index in [0.717, 1.165) is 11.6 Å². The summed E-state index contributed by atoms with van der Waals surface area (Å²) in [5, 5.41) is 8.88. The van der Waals surface area contributed by atoms with Gasteiger partial charge in [-0.25, -0.2) is 4.79 Å². The molecule has 0 radical (unpaired) electrons. The fourth-order valence-corrected chi connectivity index (χ4v) is 1.89.